The highest BCUT2D eigenvalue weighted by Crippen LogP contribution is 2.20. The molecule has 3 rings (SSSR count). The number of nitrogens with one attached hydrogen (secondary N) is 2. The number of hydrogen-bond donors (Lipinski definition) is 2. The van der Waals surface area contributed by atoms with Crippen LogP contribution < -0.4 is 10.6 Å². The molecule has 1 fully saturated rings. The number of hydrogen-bond acceptors (Lipinski definition) is 6. The molecule has 2 aromatic heterocycles. The molecular weight excluding hydrogens is 392 g/mol. The van der Waals surface area contributed by atoms with Crippen molar-refractivity contribution in [1.82, 2.24) is 25.7 Å². The summed E-state index contributed by atoms with van der Waals surface area (Å²) in [6.45, 7) is 15.6. The van der Waals surface area contributed by atoms with E-state index in [-0.39, 0.29) is 0 Å². The van der Waals surface area contributed by atoms with Crippen molar-refractivity contribution >= 4 is 5.96 Å². The lowest BCUT2D eigenvalue weighted by Gasteiger charge is -2.31. The first-order chi connectivity index (χ1) is 15.0. The van der Waals surface area contributed by atoms with Crippen LogP contribution in [0.15, 0.2) is 13.9 Å². The maximum Gasteiger partial charge on any atom is 0.208 e. The minimum atomic E-state index is 0.596. The molecule has 2 aromatic rings. The molecule has 8 nitrogen and oxygen atoms in total. The van der Waals surface area contributed by atoms with Gasteiger partial charge in [0.2, 0.25) is 5.89 Å². The summed E-state index contributed by atoms with van der Waals surface area (Å²) in [5.74, 6) is 4.20. The monoisotopic (exact) mass is 430 g/mol. The maximum absolute atomic E-state index is 5.74. The Kier molecular flexibility index (Phi) is 8.51. The normalized spacial score (nSPS) is 16.1. The largest absolute Gasteiger partial charge is 0.444 e. The SMILES string of the molecule is CCNC(=NCc1c(CC)noc1CC)NCC1CCN(Cc2nc(C)c(C)o2)CC1. The molecule has 2 N–H and O–H groups in total. The minimum absolute atomic E-state index is 0.596. The highest BCUT2D eigenvalue weighted by molar-refractivity contribution is 5.79. The average molecular weight is 431 g/mol. The molecule has 0 saturated carbocycles. The van der Waals surface area contributed by atoms with E-state index in [1.807, 2.05) is 13.8 Å². The first kappa shape index (κ1) is 23.3. The second-order valence-electron chi connectivity index (χ2n) is 8.28. The van der Waals surface area contributed by atoms with E-state index < -0.39 is 0 Å². The molecule has 1 aliphatic heterocycles. The molecule has 3 heterocycles. The van der Waals surface area contributed by atoms with Gasteiger partial charge in [0.1, 0.15) is 11.5 Å². The van der Waals surface area contributed by atoms with Gasteiger partial charge in [0.25, 0.3) is 0 Å². The third-order valence-corrected chi connectivity index (χ3v) is 6.04. The van der Waals surface area contributed by atoms with Gasteiger partial charge in [-0.05, 0) is 59.0 Å². The molecule has 172 valence electrons. The summed E-state index contributed by atoms with van der Waals surface area (Å²) in [7, 11) is 0. The van der Waals surface area contributed by atoms with E-state index in [0.29, 0.717) is 12.5 Å². The highest BCUT2D eigenvalue weighted by atomic mass is 16.5. The van der Waals surface area contributed by atoms with Gasteiger partial charge in [-0.3, -0.25) is 4.90 Å². The van der Waals surface area contributed by atoms with Crippen LogP contribution in [0.2, 0.25) is 0 Å². The Bertz CT molecular complexity index is 807. The Morgan fingerprint density at radius 3 is 2.52 bits per heavy atom. The molecule has 0 atom stereocenters. The van der Waals surface area contributed by atoms with Gasteiger partial charge in [0.05, 0.1) is 24.5 Å². The smallest absolute Gasteiger partial charge is 0.208 e. The van der Waals surface area contributed by atoms with Crippen molar-refractivity contribution in [3.63, 3.8) is 0 Å². The summed E-state index contributed by atoms with van der Waals surface area (Å²) in [5, 5.41) is 11.1. The average Bonchev–Trinajstić information content (AvgIpc) is 3.32. The van der Waals surface area contributed by atoms with Crippen molar-refractivity contribution in [1.29, 1.82) is 0 Å². The van der Waals surface area contributed by atoms with E-state index >= 15 is 0 Å². The van der Waals surface area contributed by atoms with Gasteiger partial charge < -0.3 is 19.6 Å². The number of rotatable bonds is 9. The van der Waals surface area contributed by atoms with Crippen molar-refractivity contribution in [3.8, 4) is 0 Å². The lowest BCUT2D eigenvalue weighted by atomic mass is 9.97. The van der Waals surface area contributed by atoms with Crippen molar-refractivity contribution in [3.05, 3.63) is 34.4 Å². The number of aromatic nitrogens is 2. The lowest BCUT2D eigenvalue weighted by molar-refractivity contribution is 0.164. The zero-order valence-electron chi connectivity index (χ0n) is 19.8. The van der Waals surface area contributed by atoms with Gasteiger partial charge in [-0.1, -0.05) is 19.0 Å². The molecule has 0 radical (unpaired) electrons. The lowest BCUT2D eigenvalue weighted by Crippen LogP contribution is -2.42. The third-order valence-electron chi connectivity index (χ3n) is 6.04. The van der Waals surface area contributed by atoms with E-state index in [1.54, 1.807) is 0 Å². The van der Waals surface area contributed by atoms with E-state index in [4.69, 9.17) is 13.9 Å². The summed E-state index contributed by atoms with van der Waals surface area (Å²) >= 11 is 0. The van der Waals surface area contributed by atoms with Crippen LogP contribution in [-0.2, 0) is 25.9 Å². The fraction of sp³-hybridized carbons (Fsp3) is 0.696. The van der Waals surface area contributed by atoms with Gasteiger partial charge in [-0.25, -0.2) is 9.98 Å². The summed E-state index contributed by atoms with van der Waals surface area (Å²) in [4.78, 5) is 11.8. The van der Waals surface area contributed by atoms with E-state index in [0.717, 1.165) is 98.7 Å². The fourth-order valence-electron chi connectivity index (χ4n) is 4.00. The molecule has 0 amide bonds. The minimum Gasteiger partial charge on any atom is -0.444 e. The van der Waals surface area contributed by atoms with Gasteiger partial charge in [-0.15, -0.1) is 0 Å². The van der Waals surface area contributed by atoms with Crippen molar-refractivity contribution in [2.75, 3.05) is 26.2 Å². The van der Waals surface area contributed by atoms with Crippen LogP contribution in [0.4, 0.5) is 0 Å². The Morgan fingerprint density at radius 2 is 1.90 bits per heavy atom. The Balaban J connectivity index is 1.48. The van der Waals surface area contributed by atoms with Gasteiger partial charge in [0, 0.05) is 25.1 Å². The zero-order valence-corrected chi connectivity index (χ0v) is 19.8. The predicted molar refractivity (Wildman–Crippen MR) is 122 cm³/mol. The number of guanidine groups is 1. The quantitative estimate of drug-likeness (QED) is 0.465. The second-order valence-corrected chi connectivity index (χ2v) is 8.28. The second kappa shape index (κ2) is 11.3. The van der Waals surface area contributed by atoms with Crippen LogP contribution in [0, 0.1) is 19.8 Å². The molecule has 31 heavy (non-hydrogen) atoms. The van der Waals surface area contributed by atoms with Crippen LogP contribution in [0.5, 0.6) is 0 Å². The highest BCUT2D eigenvalue weighted by Gasteiger charge is 2.21. The number of aryl methyl sites for hydroxylation is 4. The molecule has 0 spiro atoms. The molecule has 0 aliphatic carbocycles. The van der Waals surface area contributed by atoms with Crippen LogP contribution in [0.1, 0.15) is 68.0 Å². The predicted octanol–water partition coefficient (Wildman–Crippen LogP) is 3.37. The Labute approximate surface area is 185 Å². The summed E-state index contributed by atoms with van der Waals surface area (Å²) in [5.41, 5.74) is 3.14. The molecule has 0 unspecified atom stereocenters. The standard InChI is InChI=1S/C23H38N6O2/c1-6-20-19(21(7-2)31-28-20)14-26-23(24-8-3)25-13-18-9-11-29(12-10-18)15-22-27-16(4)17(5)30-22/h18H,6-15H2,1-5H3,(H2,24,25,26). The zero-order chi connectivity index (χ0) is 22.2. The first-order valence-corrected chi connectivity index (χ1v) is 11.7. The summed E-state index contributed by atoms with van der Waals surface area (Å²) in [6, 6.07) is 0. The van der Waals surface area contributed by atoms with Crippen LogP contribution in [0.3, 0.4) is 0 Å². The van der Waals surface area contributed by atoms with Crippen LogP contribution in [0.25, 0.3) is 0 Å². The van der Waals surface area contributed by atoms with Crippen LogP contribution in [-0.4, -0.2) is 47.2 Å². The molecule has 0 bridgehead atoms. The molecule has 0 aromatic carbocycles. The number of oxazole rings is 1. The molecule has 1 saturated heterocycles. The molecule has 8 heteroatoms. The van der Waals surface area contributed by atoms with E-state index in [9.17, 15) is 0 Å². The van der Waals surface area contributed by atoms with Crippen molar-refractivity contribution in [2.24, 2.45) is 10.9 Å². The Morgan fingerprint density at radius 1 is 1.13 bits per heavy atom. The Hall–Kier alpha value is -2.35. The third kappa shape index (κ3) is 6.32. The number of piperidine rings is 1. The topological polar surface area (TPSA) is 91.7 Å². The van der Waals surface area contributed by atoms with Gasteiger partial charge >= 0.3 is 0 Å². The van der Waals surface area contributed by atoms with Gasteiger partial charge in [0.15, 0.2) is 5.96 Å². The van der Waals surface area contributed by atoms with Crippen molar-refractivity contribution in [2.45, 2.75) is 73.4 Å². The summed E-state index contributed by atoms with van der Waals surface area (Å²) < 4.78 is 11.2. The number of aliphatic imine (C=N–C) groups is 1. The molecular formula is C23H38N6O2. The first-order valence-electron chi connectivity index (χ1n) is 11.7. The summed E-state index contributed by atoms with van der Waals surface area (Å²) in [6.07, 6.45) is 4.03. The van der Waals surface area contributed by atoms with Crippen LogP contribution >= 0.6 is 0 Å². The molecule has 1 aliphatic rings. The van der Waals surface area contributed by atoms with E-state index in [2.05, 4.69) is 46.4 Å². The van der Waals surface area contributed by atoms with Crippen molar-refractivity contribution < 1.29 is 8.94 Å². The number of nitrogens with zero attached hydrogens (tertiary/aromatic N) is 4. The van der Waals surface area contributed by atoms with E-state index in [1.165, 1.54) is 0 Å². The fourth-order valence-corrected chi connectivity index (χ4v) is 4.00. The van der Waals surface area contributed by atoms with Gasteiger partial charge in [-0.2, -0.15) is 0 Å². The maximum atomic E-state index is 5.74. The number of likely N-dealkylation sites (tertiary alicyclic amines) is 1.